The molecule has 1 aromatic heterocycles. The first-order valence-corrected chi connectivity index (χ1v) is 7.20. The predicted molar refractivity (Wildman–Crippen MR) is 87.3 cm³/mol. The van der Waals surface area contributed by atoms with Crippen LogP contribution in [-0.4, -0.2) is 11.0 Å². The summed E-state index contributed by atoms with van der Waals surface area (Å²) in [5.74, 6) is 0. The fourth-order valence-corrected chi connectivity index (χ4v) is 2.24. The van der Waals surface area contributed by atoms with Crippen molar-refractivity contribution in [2.45, 2.75) is 13.1 Å². The molecule has 0 bridgehead atoms. The van der Waals surface area contributed by atoms with E-state index in [1.165, 1.54) is 0 Å². The first-order chi connectivity index (χ1) is 10.8. The van der Waals surface area contributed by atoms with Crippen LogP contribution < -0.4 is 10.6 Å². The van der Waals surface area contributed by atoms with E-state index in [1.54, 1.807) is 6.20 Å². The van der Waals surface area contributed by atoms with Crippen molar-refractivity contribution in [3.63, 3.8) is 0 Å². The smallest absolute Gasteiger partial charge is 0.315 e. The first kappa shape index (κ1) is 14.1. The molecule has 4 nitrogen and oxygen atoms in total. The highest BCUT2D eigenvalue weighted by molar-refractivity contribution is 5.79. The fraction of sp³-hybridized carbons (Fsp3) is 0.111. The van der Waals surface area contributed by atoms with Gasteiger partial charge in [-0.25, -0.2) is 4.79 Å². The number of fused-ring (bicyclic) bond motifs is 1. The van der Waals surface area contributed by atoms with Crippen LogP contribution >= 0.6 is 0 Å². The van der Waals surface area contributed by atoms with Crippen LogP contribution in [0.5, 0.6) is 0 Å². The van der Waals surface area contributed by atoms with Gasteiger partial charge in [0, 0.05) is 24.7 Å². The number of benzene rings is 2. The highest BCUT2D eigenvalue weighted by atomic mass is 16.2. The Labute approximate surface area is 129 Å². The third-order valence-corrected chi connectivity index (χ3v) is 3.40. The zero-order valence-corrected chi connectivity index (χ0v) is 12.1. The average Bonchev–Trinajstić information content (AvgIpc) is 2.59. The van der Waals surface area contributed by atoms with E-state index in [4.69, 9.17) is 0 Å². The predicted octanol–water partition coefficient (Wildman–Crippen LogP) is 3.23. The summed E-state index contributed by atoms with van der Waals surface area (Å²) in [6.45, 7) is 0.973. The average molecular weight is 291 g/mol. The lowest BCUT2D eigenvalue weighted by molar-refractivity contribution is 0.240. The quantitative estimate of drug-likeness (QED) is 0.775. The molecule has 0 aliphatic rings. The van der Waals surface area contributed by atoms with Crippen molar-refractivity contribution in [3.8, 4) is 0 Å². The van der Waals surface area contributed by atoms with Gasteiger partial charge in [-0.05, 0) is 23.3 Å². The summed E-state index contributed by atoms with van der Waals surface area (Å²) in [5.41, 5.74) is 3.01. The van der Waals surface area contributed by atoms with E-state index >= 15 is 0 Å². The van der Waals surface area contributed by atoms with Crippen molar-refractivity contribution >= 4 is 16.9 Å². The molecule has 1 heterocycles. The minimum atomic E-state index is -0.183. The first-order valence-electron chi connectivity index (χ1n) is 7.20. The maximum atomic E-state index is 11.8. The second kappa shape index (κ2) is 6.72. The molecular weight excluding hydrogens is 274 g/mol. The van der Waals surface area contributed by atoms with E-state index in [0.29, 0.717) is 13.1 Å². The number of carbonyl (C=O) groups excluding carboxylic acids is 1. The Bertz CT molecular complexity index is 771. The Morgan fingerprint density at radius 3 is 2.36 bits per heavy atom. The van der Waals surface area contributed by atoms with Crippen LogP contribution in [-0.2, 0) is 13.1 Å². The topological polar surface area (TPSA) is 54.0 Å². The van der Waals surface area contributed by atoms with Gasteiger partial charge in [0.05, 0.1) is 5.52 Å². The molecule has 0 saturated carbocycles. The van der Waals surface area contributed by atoms with E-state index in [-0.39, 0.29) is 6.03 Å². The molecule has 3 rings (SSSR count). The number of urea groups is 1. The van der Waals surface area contributed by atoms with Crippen LogP contribution in [0.25, 0.3) is 10.9 Å². The number of amides is 2. The molecule has 2 amide bonds. The largest absolute Gasteiger partial charge is 0.334 e. The second-order valence-corrected chi connectivity index (χ2v) is 5.06. The minimum Gasteiger partial charge on any atom is -0.334 e. The molecule has 4 heteroatoms. The van der Waals surface area contributed by atoms with Gasteiger partial charge in [0.2, 0.25) is 0 Å². The van der Waals surface area contributed by atoms with E-state index in [1.807, 2.05) is 60.7 Å². The fourth-order valence-electron chi connectivity index (χ4n) is 2.24. The molecule has 0 spiro atoms. The number of aromatic nitrogens is 1. The van der Waals surface area contributed by atoms with Gasteiger partial charge < -0.3 is 10.6 Å². The van der Waals surface area contributed by atoms with Gasteiger partial charge in [-0.1, -0.05) is 48.5 Å². The lowest BCUT2D eigenvalue weighted by Gasteiger charge is -2.08. The lowest BCUT2D eigenvalue weighted by atomic mass is 10.1. The molecule has 0 radical (unpaired) electrons. The van der Waals surface area contributed by atoms with Crippen LogP contribution in [0.15, 0.2) is 66.9 Å². The maximum Gasteiger partial charge on any atom is 0.315 e. The van der Waals surface area contributed by atoms with Gasteiger partial charge >= 0.3 is 6.03 Å². The highest BCUT2D eigenvalue weighted by Gasteiger charge is 2.02. The molecule has 0 atom stereocenters. The van der Waals surface area contributed by atoms with Crippen LogP contribution in [0.4, 0.5) is 4.79 Å². The summed E-state index contributed by atoms with van der Waals surface area (Å²) < 4.78 is 0. The molecule has 22 heavy (non-hydrogen) atoms. The Morgan fingerprint density at radius 1 is 0.864 bits per heavy atom. The lowest BCUT2D eigenvalue weighted by Crippen LogP contribution is -2.34. The number of nitrogens with zero attached hydrogens (tertiary/aromatic N) is 1. The molecule has 0 saturated heterocycles. The summed E-state index contributed by atoms with van der Waals surface area (Å²) in [6.07, 6.45) is 1.79. The van der Waals surface area contributed by atoms with Crippen LogP contribution in [0.3, 0.4) is 0 Å². The number of hydrogen-bond donors (Lipinski definition) is 2. The van der Waals surface area contributed by atoms with Crippen molar-refractivity contribution < 1.29 is 4.79 Å². The van der Waals surface area contributed by atoms with Crippen molar-refractivity contribution in [2.75, 3.05) is 0 Å². The zero-order valence-electron chi connectivity index (χ0n) is 12.1. The Kier molecular flexibility index (Phi) is 4.30. The molecule has 0 aliphatic carbocycles. The van der Waals surface area contributed by atoms with Crippen LogP contribution in [0.2, 0.25) is 0 Å². The molecule has 2 aromatic carbocycles. The number of para-hydroxylation sites is 1. The van der Waals surface area contributed by atoms with Crippen molar-refractivity contribution in [3.05, 3.63) is 78.0 Å². The van der Waals surface area contributed by atoms with Gasteiger partial charge in [-0.2, -0.15) is 0 Å². The van der Waals surface area contributed by atoms with Gasteiger partial charge in [0.25, 0.3) is 0 Å². The SMILES string of the molecule is O=C(NCc1ccccc1)NCc1cnc2ccccc2c1. The third kappa shape index (κ3) is 3.61. The van der Waals surface area contributed by atoms with Crippen molar-refractivity contribution in [2.24, 2.45) is 0 Å². The van der Waals surface area contributed by atoms with Gasteiger partial charge in [0.1, 0.15) is 0 Å². The summed E-state index contributed by atoms with van der Waals surface area (Å²) in [4.78, 5) is 16.2. The molecule has 2 N–H and O–H groups in total. The monoisotopic (exact) mass is 291 g/mol. The Morgan fingerprint density at radius 2 is 1.55 bits per heavy atom. The minimum absolute atomic E-state index is 0.183. The number of pyridine rings is 1. The molecule has 110 valence electrons. The normalized spacial score (nSPS) is 10.4. The Hall–Kier alpha value is -2.88. The van der Waals surface area contributed by atoms with E-state index < -0.39 is 0 Å². The summed E-state index contributed by atoms with van der Waals surface area (Å²) in [6, 6.07) is 19.6. The standard InChI is InChI=1S/C18H17N3O/c22-18(20-11-14-6-2-1-3-7-14)21-13-15-10-16-8-4-5-9-17(16)19-12-15/h1-10,12H,11,13H2,(H2,20,21,22). The summed E-state index contributed by atoms with van der Waals surface area (Å²) in [5, 5.41) is 6.76. The molecular formula is C18H17N3O. The number of hydrogen-bond acceptors (Lipinski definition) is 2. The van der Waals surface area contributed by atoms with E-state index in [9.17, 15) is 4.79 Å². The highest BCUT2D eigenvalue weighted by Crippen LogP contribution is 2.12. The van der Waals surface area contributed by atoms with Gasteiger partial charge in [0.15, 0.2) is 0 Å². The summed E-state index contributed by atoms with van der Waals surface area (Å²) in [7, 11) is 0. The van der Waals surface area contributed by atoms with E-state index in [0.717, 1.165) is 22.0 Å². The molecule has 0 aliphatic heterocycles. The second-order valence-electron chi connectivity index (χ2n) is 5.06. The molecule has 0 fully saturated rings. The van der Waals surface area contributed by atoms with Crippen molar-refractivity contribution in [1.82, 2.24) is 15.6 Å². The molecule has 0 unspecified atom stereocenters. The number of rotatable bonds is 4. The third-order valence-electron chi connectivity index (χ3n) is 3.40. The Balaban J connectivity index is 1.53. The van der Waals surface area contributed by atoms with E-state index in [2.05, 4.69) is 15.6 Å². The zero-order chi connectivity index (χ0) is 15.2. The number of carbonyl (C=O) groups is 1. The molecule has 3 aromatic rings. The van der Waals surface area contributed by atoms with Crippen LogP contribution in [0.1, 0.15) is 11.1 Å². The van der Waals surface area contributed by atoms with Gasteiger partial charge in [-0.3, -0.25) is 4.98 Å². The van der Waals surface area contributed by atoms with Gasteiger partial charge in [-0.15, -0.1) is 0 Å². The maximum absolute atomic E-state index is 11.8. The van der Waals surface area contributed by atoms with Crippen molar-refractivity contribution in [1.29, 1.82) is 0 Å². The van der Waals surface area contributed by atoms with Crippen LogP contribution in [0, 0.1) is 0 Å². The number of nitrogens with one attached hydrogen (secondary N) is 2. The summed E-state index contributed by atoms with van der Waals surface area (Å²) >= 11 is 0.